The Balaban J connectivity index is 1.82. The monoisotopic (exact) mass is 292 g/mol. The van der Waals surface area contributed by atoms with Crippen LogP contribution >= 0.6 is 11.8 Å². The van der Waals surface area contributed by atoms with Crippen molar-refractivity contribution >= 4 is 11.8 Å². The van der Waals surface area contributed by atoms with Crippen molar-refractivity contribution in [1.29, 1.82) is 0 Å². The minimum atomic E-state index is 0.797. The zero-order valence-corrected chi connectivity index (χ0v) is 12.7. The van der Waals surface area contributed by atoms with Crippen molar-refractivity contribution in [2.24, 2.45) is 0 Å². The Labute approximate surface area is 129 Å². The van der Waals surface area contributed by atoms with Gasteiger partial charge in [0.15, 0.2) is 5.82 Å². The van der Waals surface area contributed by atoms with Crippen LogP contribution in [0.3, 0.4) is 0 Å². The fourth-order valence-electron chi connectivity index (χ4n) is 2.06. The first-order valence-corrected chi connectivity index (χ1v) is 7.88. The van der Waals surface area contributed by atoms with Crippen molar-refractivity contribution in [3.8, 4) is 11.4 Å². The second-order valence-electron chi connectivity index (χ2n) is 4.81. The summed E-state index contributed by atoms with van der Waals surface area (Å²) in [7, 11) is 0. The van der Waals surface area contributed by atoms with Crippen molar-refractivity contribution in [2.45, 2.75) is 17.7 Å². The summed E-state index contributed by atoms with van der Waals surface area (Å²) < 4.78 is 0. The molecular weight excluding hydrogens is 276 g/mol. The Morgan fingerprint density at radius 2 is 1.52 bits per heavy atom. The Morgan fingerprint density at radius 3 is 2.24 bits per heavy atom. The lowest BCUT2D eigenvalue weighted by atomic mass is 10.2. The van der Waals surface area contributed by atoms with E-state index in [0.717, 1.165) is 27.9 Å². The van der Waals surface area contributed by atoms with Gasteiger partial charge in [-0.1, -0.05) is 60.7 Å². The Bertz CT molecular complexity index is 712. The molecule has 0 aliphatic carbocycles. The van der Waals surface area contributed by atoms with E-state index >= 15 is 0 Å². The van der Waals surface area contributed by atoms with Crippen LogP contribution in [0.2, 0.25) is 0 Å². The molecule has 0 fully saturated rings. The van der Waals surface area contributed by atoms with Crippen LogP contribution in [0.1, 0.15) is 11.3 Å². The average Bonchev–Trinajstić information content (AvgIpc) is 2.54. The van der Waals surface area contributed by atoms with Crippen molar-refractivity contribution in [1.82, 2.24) is 9.97 Å². The molecule has 2 aromatic carbocycles. The first kappa shape index (κ1) is 13.8. The fraction of sp³-hybridized carbons (Fsp3) is 0.111. The van der Waals surface area contributed by atoms with Crippen molar-refractivity contribution in [2.75, 3.05) is 0 Å². The lowest BCUT2D eigenvalue weighted by molar-refractivity contribution is 1.02. The molecule has 0 aliphatic heterocycles. The van der Waals surface area contributed by atoms with E-state index in [0.29, 0.717) is 0 Å². The van der Waals surface area contributed by atoms with Crippen LogP contribution in [0, 0.1) is 6.92 Å². The van der Waals surface area contributed by atoms with Crippen LogP contribution in [0.5, 0.6) is 0 Å². The van der Waals surface area contributed by atoms with Gasteiger partial charge in [0.25, 0.3) is 0 Å². The normalized spacial score (nSPS) is 10.5. The number of hydrogen-bond donors (Lipinski definition) is 0. The Hall–Kier alpha value is -2.13. The van der Waals surface area contributed by atoms with Gasteiger partial charge in [-0.3, -0.25) is 0 Å². The van der Waals surface area contributed by atoms with E-state index in [1.807, 2.05) is 49.4 Å². The van der Waals surface area contributed by atoms with Gasteiger partial charge < -0.3 is 0 Å². The summed E-state index contributed by atoms with van der Waals surface area (Å²) in [6, 6.07) is 22.6. The summed E-state index contributed by atoms with van der Waals surface area (Å²) in [5.41, 5.74) is 3.36. The smallest absolute Gasteiger partial charge is 0.160 e. The van der Waals surface area contributed by atoms with Crippen LogP contribution in [0.25, 0.3) is 11.4 Å². The number of aromatic nitrogens is 2. The molecule has 21 heavy (non-hydrogen) atoms. The first-order valence-electron chi connectivity index (χ1n) is 6.89. The molecule has 3 aromatic rings. The molecule has 0 unspecified atom stereocenters. The third-order valence-electron chi connectivity index (χ3n) is 3.09. The molecule has 0 atom stereocenters. The highest BCUT2D eigenvalue weighted by Gasteiger charge is 2.05. The Kier molecular flexibility index (Phi) is 4.31. The molecule has 2 nitrogen and oxygen atoms in total. The maximum Gasteiger partial charge on any atom is 0.160 e. The van der Waals surface area contributed by atoms with Crippen LogP contribution in [-0.2, 0) is 5.75 Å². The average molecular weight is 292 g/mol. The van der Waals surface area contributed by atoms with E-state index in [1.165, 1.54) is 5.56 Å². The number of benzene rings is 2. The van der Waals surface area contributed by atoms with Crippen molar-refractivity contribution in [3.63, 3.8) is 0 Å². The second-order valence-corrected chi connectivity index (χ2v) is 5.81. The zero-order chi connectivity index (χ0) is 14.5. The quantitative estimate of drug-likeness (QED) is 0.513. The van der Waals surface area contributed by atoms with Gasteiger partial charge in [0.1, 0.15) is 5.03 Å². The van der Waals surface area contributed by atoms with Gasteiger partial charge in [-0.15, -0.1) is 11.8 Å². The third kappa shape index (κ3) is 3.70. The molecule has 3 rings (SSSR count). The molecule has 1 aromatic heterocycles. The highest BCUT2D eigenvalue weighted by molar-refractivity contribution is 7.98. The summed E-state index contributed by atoms with van der Waals surface area (Å²) in [5, 5.41) is 1.02. The lowest BCUT2D eigenvalue weighted by Gasteiger charge is -2.06. The summed E-state index contributed by atoms with van der Waals surface area (Å²) in [5.74, 6) is 1.72. The van der Waals surface area contributed by atoms with Gasteiger partial charge in [0.05, 0.1) is 0 Å². The van der Waals surface area contributed by atoms with Gasteiger partial charge >= 0.3 is 0 Å². The molecule has 0 N–H and O–H groups in total. The van der Waals surface area contributed by atoms with Crippen LogP contribution in [0.15, 0.2) is 71.8 Å². The predicted octanol–water partition coefficient (Wildman–Crippen LogP) is 4.74. The summed E-state index contributed by atoms with van der Waals surface area (Å²) >= 11 is 1.75. The highest BCUT2D eigenvalue weighted by Crippen LogP contribution is 2.24. The molecular formula is C18H16N2S. The summed E-state index contributed by atoms with van der Waals surface area (Å²) in [6.07, 6.45) is 0. The van der Waals surface area contributed by atoms with Gasteiger partial charge in [0, 0.05) is 17.0 Å². The highest BCUT2D eigenvalue weighted by atomic mass is 32.2. The topological polar surface area (TPSA) is 25.8 Å². The number of nitrogens with zero attached hydrogens (tertiary/aromatic N) is 2. The SMILES string of the molecule is Cc1cc(SCc2ccccc2)nc(-c2ccccc2)n1. The number of aryl methyl sites for hydroxylation is 1. The van der Waals surface area contributed by atoms with Crippen LogP contribution < -0.4 is 0 Å². The van der Waals surface area contributed by atoms with E-state index in [4.69, 9.17) is 0 Å². The largest absolute Gasteiger partial charge is 0.233 e. The van der Waals surface area contributed by atoms with Crippen molar-refractivity contribution < 1.29 is 0 Å². The number of rotatable bonds is 4. The first-order chi connectivity index (χ1) is 10.3. The molecule has 0 saturated carbocycles. The molecule has 0 spiro atoms. The van der Waals surface area contributed by atoms with Crippen molar-refractivity contribution in [3.05, 3.63) is 78.0 Å². The van der Waals surface area contributed by atoms with E-state index in [-0.39, 0.29) is 0 Å². The molecule has 3 heteroatoms. The van der Waals surface area contributed by atoms with Gasteiger partial charge in [0.2, 0.25) is 0 Å². The number of thioether (sulfide) groups is 1. The maximum atomic E-state index is 4.67. The molecule has 0 radical (unpaired) electrons. The summed E-state index contributed by atoms with van der Waals surface area (Å²) in [6.45, 7) is 2.01. The van der Waals surface area contributed by atoms with Gasteiger partial charge in [-0.2, -0.15) is 0 Å². The minimum Gasteiger partial charge on any atom is -0.233 e. The van der Waals surface area contributed by atoms with E-state index in [1.54, 1.807) is 11.8 Å². The molecule has 0 amide bonds. The van der Waals surface area contributed by atoms with Crippen LogP contribution in [-0.4, -0.2) is 9.97 Å². The minimum absolute atomic E-state index is 0.797. The summed E-state index contributed by atoms with van der Waals surface area (Å²) in [4.78, 5) is 9.21. The second kappa shape index (κ2) is 6.55. The fourth-order valence-corrected chi connectivity index (χ4v) is 2.97. The number of hydrogen-bond acceptors (Lipinski definition) is 3. The van der Waals surface area contributed by atoms with Gasteiger partial charge in [-0.25, -0.2) is 9.97 Å². The predicted molar refractivity (Wildman–Crippen MR) is 88.2 cm³/mol. The molecule has 0 aliphatic rings. The molecule has 0 saturated heterocycles. The Morgan fingerprint density at radius 1 is 0.857 bits per heavy atom. The maximum absolute atomic E-state index is 4.67. The standard InChI is InChI=1S/C18H16N2S/c1-14-12-17(21-13-15-8-4-2-5-9-15)20-18(19-14)16-10-6-3-7-11-16/h2-12H,13H2,1H3. The van der Waals surface area contributed by atoms with E-state index in [2.05, 4.69) is 34.2 Å². The van der Waals surface area contributed by atoms with Crippen LogP contribution in [0.4, 0.5) is 0 Å². The third-order valence-corrected chi connectivity index (χ3v) is 4.07. The van der Waals surface area contributed by atoms with E-state index < -0.39 is 0 Å². The molecule has 104 valence electrons. The van der Waals surface area contributed by atoms with E-state index in [9.17, 15) is 0 Å². The lowest BCUT2D eigenvalue weighted by Crippen LogP contribution is -1.94. The molecule has 0 bridgehead atoms. The van der Waals surface area contributed by atoms with Gasteiger partial charge in [-0.05, 0) is 18.6 Å². The molecule has 1 heterocycles. The zero-order valence-electron chi connectivity index (χ0n) is 11.9.